The summed E-state index contributed by atoms with van der Waals surface area (Å²) < 4.78 is 12.3. The summed E-state index contributed by atoms with van der Waals surface area (Å²) in [5, 5.41) is 2.21. The van der Waals surface area contributed by atoms with Crippen LogP contribution in [-0.2, 0) is 9.59 Å². The zero-order valence-corrected chi connectivity index (χ0v) is 20.9. The second kappa shape index (κ2) is 10.9. The van der Waals surface area contributed by atoms with E-state index in [1.54, 1.807) is 43.5 Å². The number of nitrogens with one attached hydrogen (secondary N) is 1. The van der Waals surface area contributed by atoms with Gasteiger partial charge >= 0.3 is 0 Å². The molecule has 2 aromatic rings. The fraction of sp³-hybridized carbons (Fsp3) is 0.261. The molecule has 0 spiro atoms. The zero-order valence-electron chi connectivity index (χ0n) is 17.9. The second-order valence-corrected chi connectivity index (χ2v) is 9.31. The third kappa shape index (κ3) is 6.04. The Balaban J connectivity index is 1.70. The van der Waals surface area contributed by atoms with E-state index >= 15 is 0 Å². The molecule has 7 nitrogen and oxygen atoms in total. The molecule has 1 fully saturated rings. The van der Waals surface area contributed by atoms with Gasteiger partial charge in [0.05, 0.1) is 18.1 Å². The highest BCUT2D eigenvalue weighted by Gasteiger charge is 2.36. The summed E-state index contributed by atoms with van der Waals surface area (Å²) in [4.78, 5) is 38.6. The number of carbonyl (C=O) groups is 3. The molecule has 0 bridgehead atoms. The van der Waals surface area contributed by atoms with Crippen LogP contribution in [0.2, 0.25) is 0 Å². The molecule has 0 aromatic heterocycles. The maximum Gasteiger partial charge on any atom is 0.294 e. The van der Waals surface area contributed by atoms with Crippen LogP contribution in [0.3, 0.4) is 0 Å². The van der Waals surface area contributed by atoms with Crippen LogP contribution in [0.5, 0.6) is 11.5 Å². The van der Waals surface area contributed by atoms with E-state index in [0.29, 0.717) is 22.7 Å². The Labute approximate surface area is 204 Å². The molecule has 168 valence electrons. The SMILES string of the molecule is CC[C@@H](C)Oc1ccc(/C=C2\SC(=O)N(CC(=O)Nc3ccc(I)cc3)C2=O)cc1OC. The first-order valence-corrected chi connectivity index (χ1v) is 11.9. The number of benzene rings is 2. The predicted molar refractivity (Wildman–Crippen MR) is 134 cm³/mol. The number of hydrogen-bond acceptors (Lipinski definition) is 6. The molecule has 32 heavy (non-hydrogen) atoms. The number of ether oxygens (including phenoxy) is 2. The summed E-state index contributed by atoms with van der Waals surface area (Å²) in [6, 6.07) is 12.5. The van der Waals surface area contributed by atoms with E-state index in [-0.39, 0.29) is 17.6 Å². The Morgan fingerprint density at radius 2 is 1.91 bits per heavy atom. The fourth-order valence-electron chi connectivity index (χ4n) is 2.84. The van der Waals surface area contributed by atoms with Gasteiger partial charge in [0.15, 0.2) is 11.5 Å². The zero-order chi connectivity index (χ0) is 23.3. The van der Waals surface area contributed by atoms with E-state index in [4.69, 9.17) is 9.47 Å². The molecule has 0 saturated carbocycles. The van der Waals surface area contributed by atoms with Gasteiger partial charge < -0.3 is 14.8 Å². The largest absolute Gasteiger partial charge is 0.493 e. The Morgan fingerprint density at radius 3 is 2.56 bits per heavy atom. The van der Waals surface area contributed by atoms with Crippen LogP contribution in [-0.4, -0.2) is 41.7 Å². The van der Waals surface area contributed by atoms with Gasteiger partial charge in [0.2, 0.25) is 5.91 Å². The molecule has 1 aliphatic rings. The third-order valence-corrected chi connectivity index (χ3v) is 6.32. The van der Waals surface area contributed by atoms with Gasteiger partial charge in [-0.3, -0.25) is 19.3 Å². The monoisotopic (exact) mass is 566 g/mol. The highest BCUT2D eigenvalue weighted by Crippen LogP contribution is 2.35. The van der Waals surface area contributed by atoms with Crippen molar-refractivity contribution < 1.29 is 23.9 Å². The summed E-state index contributed by atoms with van der Waals surface area (Å²) in [7, 11) is 1.54. The first-order valence-electron chi connectivity index (χ1n) is 9.96. The van der Waals surface area contributed by atoms with Crippen LogP contribution in [0.25, 0.3) is 6.08 Å². The number of amides is 3. The van der Waals surface area contributed by atoms with Crippen LogP contribution >= 0.6 is 34.4 Å². The van der Waals surface area contributed by atoms with E-state index in [1.807, 2.05) is 26.0 Å². The standard InChI is InChI=1S/C23H23IN2O5S/c1-4-14(2)31-18-10-5-15(11-19(18)30-3)12-20-22(28)26(23(29)32-20)13-21(27)25-17-8-6-16(24)7-9-17/h5-12,14H,4,13H2,1-3H3,(H,25,27)/b20-12-/t14-/m1/s1. The van der Waals surface area contributed by atoms with Crippen molar-refractivity contribution in [2.24, 2.45) is 0 Å². The molecule has 1 atom stereocenters. The molecule has 0 unspecified atom stereocenters. The summed E-state index contributed by atoms with van der Waals surface area (Å²) in [5.41, 5.74) is 1.29. The number of carbonyl (C=O) groups excluding carboxylic acids is 3. The average Bonchev–Trinajstić information content (AvgIpc) is 3.03. The molecule has 3 amide bonds. The molecule has 1 N–H and O–H groups in total. The number of anilines is 1. The van der Waals surface area contributed by atoms with Gasteiger partial charge in [-0.2, -0.15) is 0 Å². The lowest BCUT2D eigenvalue weighted by Crippen LogP contribution is -2.36. The maximum absolute atomic E-state index is 12.7. The van der Waals surface area contributed by atoms with Crippen LogP contribution in [0.1, 0.15) is 25.8 Å². The minimum atomic E-state index is -0.503. The van der Waals surface area contributed by atoms with Crippen molar-refractivity contribution in [2.75, 3.05) is 19.0 Å². The molecule has 1 saturated heterocycles. The highest BCUT2D eigenvalue weighted by atomic mass is 127. The van der Waals surface area contributed by atoms with Crippen molar-refractivity contribution in [2.45, 2.75) is 26.4 Å². The first kappa shape index (κ1) is 24.1. The van der Waals surface area contributed by atoms with E-state index in [2.05, 4.69) is 27.9 Å². The molecule has 1 aliphatic heterocycles. The Bertz CT molecular complexity index is 1050. The van der Waals surface area contributed by atoms with E-state index in [0.717, 1.165) is 26.7 Å². The topological polar surface area (TPSA) is 84.9 Å². The molecule has 0 aliphatic carbocycles. The van der Waals surface area contributed by atoms with Crippen molar-refractivity contribution in [1.29, 1.82) is 0 Å². The summed E-state index contributed by atoms with van der Waals surface area (Å²) >= 11 is 2.97. The minimum absolute atomic E-state index is 0.0388. The number of halogens is 1. The molecule has 0 radical (unpaired) electrons. The number of nitrogens with zero attached hydrogens (tertiary/aromatic N) is 1. The van der Waals surface area contributed by atoms with Crippen molar-refractivity contribution in [1.82, 2.24) is 4.90 Å². The Kier molecular flexibility index (Phi) is 8.19. The van der Waals surface area contributed by atoms with E-state index in [9.17, 15) is 14.4 Å². The summed E-state index contributed by atoms with van der Waals surface area (Å²) in [6.45, 7) is 3.65. The first-order chi connectivity index (χ1) is 15.3. The second-order valence-electron chi connectivity index (χ2n) is 7.07. The quantitative estimate of drug-likeness (QED) is 0.352. The predicted octanol–water partition coefficient (Wildman–Crippen LogP) is 5.15. The number of imide groups is 1. The maximum atomic E-state index is 12.7. The highest BCUT2D eigenvalue weighted by molar-refractivity contribution is 14.1. The molecule has 2 aromatic carbocycles. The van der Waals surface area contributed by atoms with Crippen LogP contribution in [0.15, 0.2) is 47.4 Å². The smallest absolute Gasteiger partial charge is 0.294 e. The Hall–Kier alpha value is -2.53. The summed E-state index contributed by atoms with van der Waals surface area (Å²) in [6.07, 6.45) is 2.50. The van der Waals surface area contributed by atoms with Crippen LogP contribution < -0.4 is 14.8 Å². The third-order valence-electron chi connectivity index (χ3n) is 4.69. The lowest BCUT2D eigenvalue weighted by atomic mass is 10.1. The van der Waals surface area contributed by atoms with E-state index in [1.165, 1.54) is 0 Å². The van der Waals surface area contributed by atoms with Crippen molar-refractivity contribution >= 4 is 63.2 Å². The van der Waals surface area contributed by atoms with Gasteiger partial charge in [-0.1, -0.05) is 13.0 Å². The lowest BCUT2D eigenvalue weighted by Gasteiger charge is -2.15. The van der Waals surface area contributed by atoms with Gasteiger partial charge in [0.1, 0.15) is 6.54 Å². The van der Waals surface area contributed by atoms with E-state index < -0.39 is 17.1 Å². The van der Waals surface area contributed by atoms with Gasteiger partial charge in [0, 0.05) is 9.26 Å². The normalized spacial score (nSPS) is 15.8. The molecular formula is C23H23IN2O5S. The molecule has 3 rings (SSSR count). The van der Waals surface area contributed by atoms with Gasteiger partial charge in [-0.25, -0.2) is 0 Å². The Morgan fingerprint density at radius 1 is 1.19 bits per heavy atom. The fourth-order valence-corrected chi connectivity index (χ4v) is 4.03. The summed E-state index contributed by atoms with van der Waals surface area (Å²) in [5.74, 6) is 0.203. The molecule has 1 heterocycles. The van der Waals surface area contributed by atoms with Crippen LogP contribution in [0.4, 0.5) is 10.5 Å². The molecular weight excluding hydrogens is 543 g/mol. The van der Waals surface area contributed by atoms with Crippen molar-refractivity contribution in [3.63, 3.8) is 0 Å². The number of methoxy groups -OCH3 is 1. The van der Waals surface area contributed by atoms with Crippen LogP contribution in [0, 0.1) is 3.57 Å². The van der Waals surface area contributed by atoms with Gasteiger partial charge in [-0.15, -0.1) is 0 Å². The average molecular weight is 566 g/mol. The van der Waals surface area contributed by atoms with Gasteiger partial charge in [0.25, 0.3) is 11.1 Å². The lowest BCUT2D eigenvalue weighted by molar-refractivity contribution is -0.127. The molecule has 9 heteroatoms. The number of rotatable bonds is 8. The number of hydrogen-bond donors (Lipinski definition) is 1. The van der Waals surface area contributed by atoms with Crippen molar-refractivity contribution in [3.8, 4) is 11.5 Å². The number of thioether (sulfide) groups is 1. The van der Waals surface area contributed by atoms with Crippen molar-refractivity contribution in [3.05, 3.63) is 56.5 Å². The minimum Gasteiger partial charge on any atom is -0.493 e. The van der Waals surface area contributed by atoms with Gasteiger partial charge in [-0.05, 0) is 95.7 Å².